The molecule has 2 rings (SSSR count). The molecule has 1 atom stereocenters. The summed E-state index contributed by atoms with van der Waals surface area (Å²) in [5.41, 5.74) is 1.98. The largest absolute Gasteiger partial charge is 0.493 e. The molecule has 0 aliphatic carbocycles. The maximum absolute atomic E-state index is 12.2. The van der Waals surface area contributed by atoms with Gasteiger partial charge in [0.15, 0.2) is 24.2 Å². The number of esters is 1. The van der Waals surface area contributed by atoms with Crippen LogP contribution in [0, 0.1) is 11.3 Å². The maximum Gasteiger partial charge on any atom is 0.344 e. The number of methoxy groups -OCH3 is 1. The van der Waals surface area contributed by atoms with Crippen molar-refractivity contribution in [3.05, 3.63) is 66.2 Å². The predicted molar refractivity (Wildman–Crippen MR) is 108 cm³/mol. The van der Waals surface area contributed by atoms with Crippen molar-refractivity contribution in [2.45, 2.75) is 19.4 Å². The van der Waals surface area contributed by atoms with Crippen LogP contribution in [0.4, 0.5) is 5.69 Å². The minimum absolute atomic E-state index is 0.369. The Balaban J connectivity index is 1.87. The van der Waals surface area contributed by atoms with Crippen LogP contribution in [0.25, 0.3) is 0 Å². The third kappa shape index (κ3) is 6.40. The van der Waals surface area contributed by atoms with Crippen molar-refractivity contribution in [1.29, 1.82) is 5.26 Å². The van der Waals surface area contributed by atoms with Gasteiger partial charge in [-0.3, -0.25) is 4.79 Å². The quantitative estimate of drug-likeness (QED) is 0.518. The highest BCUT2D eigenvalue weighted by Gasteiger charge is 2.19. The molecule has 150 valence electrons. The van der Waals surface area contributed by atoms with Crippen LogP contribution in [0.1, 0.15) is 18.1 Å². The molecule has 2 aromatic carbocycles. The van der Waals surface area contributed by atoms with Gasteiger partial charge in [-0.25, -0.2) is 4.79 Å². The second kappa shape index (κ2) is 10.5. The lowest BCUT2D eigenvalue weighted by molar-refractivity contribution is -0.155. The summed E-state index contributed by atoms with van der Waals surface area (Å²) in [4.78, 5) is 24.2. The van der Waals surface area contributed by atoms with E-state index in [1.165, 1.54) is 14.0 Å². The van der Waals surface area contributed by atoms with Crippen LogP contribution in [0.5, 0.6) is 11.5 Å². The molecular weight excluding hydrogens is 372 g/mol. The van der Waals surface area contributed by atoms with Crippen molar-refractivity contribution in [3.63, 3.8) is 0 Å². The summed E-state index contributed by atoms with van der Waals surface area (Å²) in [6, 6.07) is 13.7. The van der Waals surface area contributed by atoms with E-state index in [9.17, 15) is 9.59 Å². The summed E-state index contributed by atoms with van der Waals surface area (Å²) < 4.78 is 15.8. The summed E-state index contributed by atoms with van der Waals surface area (Å²) >= 11 is 0. The lowest BCUT2D eigenvalue weighted by Crippen LogP contribution is -2.31. The number of nitriles is 1. The number of allylic oxidation sites excluding steroid dienone is 1. The Labute approximate surface area is 169 Å². The first-order chi connectivity index (χ1) is 14.0. The van der Waals surface area contributed by atoms with Crippen LogP contribution >= 0.6 is 0 Å². The minimum atomic E-state index is -1.02. The first-order valence-corrected chi connectivity index (χ1v) is 8.88. The number of ether oxygens (including phenoxy) is 3. The van der Waals surface area contributed by atoms with Crippen LogP contribution in [0.2, 0.25) is 0 Å². The fraction of sp³-hybridized carbons (Fsp3) is 0.227. The van der Waals surface area contributed by atoms with E-state index in [1.54, 1.807) is 42.5 Å². The minimum Gasteiger partial charge on any atom is -0.493 e. The average Bonchev–Trinajstić information content (AvgIpc) is 2.73. The van der Waals surface area contributed by atoms with Crippen molar-refractivity contribution < 1.29 is 23.8 Å². The third-order valence-corrected chi connectivity index (χ3v) is 3.91. The van der Waals surface area contributed by atoms with Crippen LogP contribution in [-0.2, 0) is 20.7 Å². The number of carbonyl (C=O) groups excluding carboxylic acids is 2. The highest BCUT2D eigenvalue weighted by molar-refractivity contribution is 5.95. The first kappa shape index (κ1) is 21.5. The van der Waals surface area contributed by atoms with Crippen LogP contribution in [0.3, 0.4) is 0 Å². The molecule has 2 aromatic rings. The molecule has 0 fully saturated rings. The molecule has 0 heterocycles. The summed E-state index contributed by atoms with van der Waals surface area (Å²) in [6.07, 6.45) is 1.44. The fourth-order valence-corrected chi connectivity index (χ4v) is 2.42. The van der Waals surface area contributed by atoms with Gasteiger partial charge < -0.3 is 19.5 Å². The zero-order chi connectivity index (χ0) is 21.2. The molecule has 0 saturated heterocycles. The summed E-state index contributed by atoms with van der Waals surface area (Å²) in [7, 11) is 1.51. The highest BCUT2D eigenvalue weighted by atomic mass is 16.6. The standard InChI is InChI=1S/C22H22N2O5/c1-4-5-16-8-11-19(20(12-16)27-3)28-14-21(25)29-15(2)22(26)24-18-9-6-17(13-23)7-10-18/h4,6-12,15H,1,5,14H2,2-3H3,(H,24,26)/t15-/m1/s1. The first-order valence-electron chi connectivity index (χ1n) is 8.88. The van der Waals surface area contributed by atoms with Crippen molar-refractivity contribution in [2.75, 3.05) is 19.0 Å². The molecular formula is C22H22N2O5. The Hall–Kier alpha value is -3.79. The number of nitrogens with one attached hydrogen (secondary N) is 1. The molecule has 0 aliphatic heterocycles. The Morgan fingerprint density at radius 2 is 1.93 bits per heavy atom. The van der Waals surface area contributed by atoms with Crippen LogP contribution in [-0.4, -0.2) is 31.7 Å². The van der Waals surface area contributed by atoms with E-state index in [1.807, 2.05) is 12.1 Å². The SMILES string of the molecule is C=CCc1ccc(OCC(=O)O[C@H](C)C(=O)Nc2ccc(C#N)cc2)c(OC)c1. The van der Waals surface area contributed by atoms with E-state index < -0.39 is 18.0 Å². The van der Waals surface area contributed by atoms with E-state index >= 15 is 0 Å². The number of anilines is 1. The van der Waals surface area contributed by atoms with E-state index in [2.05, 4.69) is 11.9 Å². The van der Waals surface area contributed by atoms with Crippen LogP contribution < -0.4 is 14.8 Å². The van der Waals surface area contributed by atoms with Gasteiger partial charge in [0.1, 0.15) is 0 Å². The van der Waals surface area contributed by atoms with Crippen molar-refractivity contribution in [1.82, 2.24) is 0 Å². The zero-order valence-corrected chi connectivity index (χ0v) is 16.3. The molecule has 0 spiro atoms. The number of hydrogen-bond acceptors (Lipinski definition) is 6. The van der Waals surface area contributed by atoms with Gasteiger partial charge in [-0.15, -0.1) is 6.58 Å². The van der Waals surface area contributed by atoms with Crippen molar-refractivity contribution in [2.24, 2.45) is 0 Å². The number of amides is 1. The summed E-state index contributed by atoms with van der Waals surface area (Å²) in [5, 5.41) is 11.4. The second-order valence-corrected chi connectivity index (χ2v) is 6.08. The van der Waals surface area contributed by atoms with Gasteiger partial charge in [-0.1, -0.05) is 12.1 Å². The highest BCUT2D eigenvalue weighted by Crippen LogP contribution is 2.28. The molecule has 1 amide bonds. The van der Waals surface area contributed by atoms with Gasteiger partial charge in [-0.2, -0.15) is 5.26 Å². The zero-order valence-electron chi connectivity index (χ0n) is 16.3. The number of nitrogens with zero attached hydrogens (tertiary/aromatic N) is 1. The monoisotopic (exact) mass is 394 g/mol. The smallest absolute Gasteiger partial charge is 0.344 e. The molecule has 0 bridgehead atoms. The Morgan fingerprint density at radius 1 is 1.21 bits per heavy atom. The molecule has 1 N–H and O–H groups in total. The molecule has 0 aliphatic rings. The molecule has 0 saturated carbocycles. The Bertz CT molecular complexity index is 916. The van der Waals surface area contributed by atoms with Crippen molar-refractivity contribution in [3.8, 4) is 17.6 Å². The third-order valence-electron chi connectivity index (χ3n) is 3.91. The molecule has 29 heavy (non-hydrogen) atoms. The maximum atomic E-state index is 12.2. The fourth-order valence-electron chi connectivity index (χ4n) is 2.42. The predicted octanol–water partition coefficient (Wildman–Crippen LogP) is 3.24. The van der Waals surface area contributed by atoms with Gasteiger partial charge in [0.2, 0.25) is 0 Å². The van der Waals surface area contributed by atoms with Gasteiger partial charge in [0, 0.05) is 5.69 Å². The van der Waals surface area contributed by atoms with E-state index in [-0.39, 0.29) is 6.61 Å². The average molecular weight is 394 g/mol. The van der Waals surface area contributed by atoms with E-state index in [0.29, 0.717) is 29.2 Å². The molecule has 0 unspecified atom stereocenters. The lowest BCUT2D eigenvalue weighted by Gasteiger charge is -2.15. The van der Waals surface area contributed by atoms with Crippen molar-refractivity contribution >= 4 is 17.6 Å². The summed E-state index contributed by atoms with van der Waals surface area (Å²) in [5.74, 6) is -0.296. The van der Waals surface area contributed by atoms with Gasteiger partial charge in [0.25, 0.3) is 5.91 Å². The Morgan fingerprint density at radius 3 is 2.55 bits per heavy atom. The van der Waals surface area contributed by atoms with E-state index in [0.717, 1.165) is 5.56 Å². The molecule has 0 aromatic heterocycles. The van der Waals surface area contributed by atoms with Gasteiger partial charge in [-0.05, 0) is 55.3 Å². The number of benzene rings is 2. The number of carbonyl (C=O) groups is 2. The van der Waals surface area contributed by atoms with Crippen LogP contribution in [0.15, 0.2) is 55.1 Å². The molecule has 0 radical (unpaired) electrons. The number of rotatable bonds is 9. The molecule has 7 nitrogen and oxygen atoms in total. The summed E-state index contributed by atoms with van der Waals surface area (Å²) in [6.45, 7) is 4.78. The van der Waals surface area contributed by atoms with Gasteiger partial charge >= 0.3 is 5.97 Å². The van der Waals surface area contributed by atoms with E-state index in [4.69, 9.17) is 19.5 Å². The normalized spacial score (nSPS) is 10.9. The van der Waals surface area contributed by atoms with Gasteiger partial charge in [0.05, 0.1) is 18.7 Å². The second-order valence-electron chi connectivity index (χ2n) is 6.08. The molecule has 7 heteroatoms. The lowest BCUT2D eigenvalue weighted by atomic mass is 10.1. The number of hydrogen-bond donors (Lipinski definition) is 1. The Kier molecular flexibility index (Phi) is 7.80. The topological polar surface area (TPSA) is 97.6 Å².